The average Bonchev–Trinajstić information content (AvgIpc) is 2.49. The van der Waals surface area contributed by atoms with E-state index in [-0.39, 0.29) is 18.8 Å². The number of esters is 1. The maximum atomic E-state index is 10.4. The third-order valence-electron chi connectivity index (χ3n) is 2.67. The minimum atomic E-state index is -0.885. The third kappa shape index (κ3) is 21.7. The number of hydrogen-bond acceptors (Lipinski definition) is 4. The second-order valence-electron chi connectivity index (χ2n) is 4.35. The Bertz CT molecular complexity index is 235. The number of rotatable bonds is 5. The molecule has 118 valence electrons. The Hall–Kier alpha value is -1.52. The van der Waals surface area contributed by atoms with Gasteiger partial charge in [-0.2, -0.15) is 0 Å². The summed E-state index contributed by atoms with van der Waals surface area (Å²) in [6.07, 6.45) is 10.9. The zero-order valence-electron chi connectivity index (χ0n) is 12.7. The third-order valence-corrected chi connectivity index (χ3v) is 2.67. The van der Waals surface area contributed by atoms with E-state index in [9.17, 15) is 9.59 Å². The van der Waals surface area contributed by atoms with Crippen LogP contribution in [0, 0.1) is 0 Å². The van der Waals surface area contributed by atoms with Crippen LogP contribution < -0.4 is 0 Å². The van der Waals surface area contributed by atoms with Gasteiger partial charge in [-0.05, 0) is 6.42 Å². The molecule has 0 spiro atoms. The van der Waals surface area contributed by atoms with Gasteiger partial charge in [0, 0.05) is 12.8 Å². The van der Waals surface area contributed by atoms with Crippen LogP contribution in [0.25, 0.3) is 0 Å². The topological polar surface area (TPSA) is 72.8 Å². The van der Waals surface area contributed by atoms with Crippen molar-refractivity contribution in [3.8, 4) is 0 Å². The summed E-state index contributed by atoms with van der Waals surface area (Å²) in [5.74, 6) is -1.25. The summed E-state index contributed by atoms with van der Waals surface area (Å²) in [6, 6.07) is 0. The van der Waals surface area contributed by atoms with Gasteiger partial charge in [-0.1, -0.05) is 45.1 Å². The fraction of sp³-hybridized carbons (Fsp3) is 0.733. The number of ether oxygens (including phenoxy) is 2. The van der Waals surface area contributed by atoms with E-state index >= 15 is 0 Å². The van der Waals surface area contributed by atoms with Gasteiger partial charge in [0.25, 0.3) is 0 Å². The summed E-state index contributed by atoms with van der Waals surface area (Å²) in [4.78, 5) is 20.3. The first kappa shape index (κ1) is 20.8. The van der Waals surface area contributed by atoms with Crippen molar-refractivity contribution in [2.45, 2.75) is 57.8 Å². The number of carbonyl (C=O) groups is 2. The fourth-order valence-electron chi connectivity index (χ4n) is 1.55. The number of carboxylic acid groups (broad SMARTS) is 1. The number of methoxy groups -OCH3 is 2. The van der Waals surface area contributed by atoms with E-state index in [1.54, 1.807) is 7.11 Å². The first-order valence-corrected chi connectivity index (χ1v) is 7.00. The molecule has 1 saturated carbocycles. The Kier molecular flexibility index (Phi) is 18.2. The molecule has 0 bridgehead atoms. The zero-order valence-corrected chi connectivity index (χ0v) is 12.7. The second kappa shape index (κ2) is 17.5. The molecule has 5 heteroatoms. The van der Waals surface area contributed by atoms with Crippen molar-refractivity contribution in [1.29, 1.82) is 0 Å². The van der Waals surface area contributed by atoms with Gasteiger partial charge in [-0.25, -0.2) is 0 Å². The van der Waals surface area contributed by atoms with Crippen LogP contribution in [0.2, 0.25) is 0 Å². The van der Waals surface area contributed by atoms with E-state index in [0.29, 0.717) is 6.42 Å². The largest absolute Gasteiger partial charge is 0.505 e. The molecule has 0 aromatic rings. The number of carbonyl (C=O) groups excluding carboxylic acids is 1. The van der Waals surface area contributed by atoms with Gasteiger partial charge in [0.15, 0.2) is 0 Å². The lowest BCUT2D eigenvalue weighted by Crippen LogP contribution is -2.02. The summed E-state index contributed by atoms with van der Waals surface area (Å²) in [5.41, 5.74) is 0. The quantitative estimate of drug-likeness (QED) is 0.619. The second-order valence-corrected chi connectivity index (χ2v) is 4.35. The molecule has 1 rings (SSSR count). The highest BCUT2D eigenvalue weighted by Gasteiger charge is 2.01. The maximum Gasteiger partial charge on any atom is 0.305 e. The summed E-state index contributed by atoms with van der Waals surface area (Å²) in [5, 5.41) is 8.15. The molecule has 20 heavy (non-hydrogen) atoms. The van der Waals surface area contributed by atoms with E-state index in [1.165, 1.54) is 51.9 Å². The Morgan fingerprint density at radius 3 is 1.70 bits per heavy atom. The highest BCUT2D eigenvalue weighted by Crippen LogP contribution is 2.15. The Balaban J connectivity index is 0. The molecule has 1 aliphatic carbocycles. The minimum absolute atomic E-state index is 0.0229. The van der Waals surface area contributed by atoms with Crippen LogP contribution in [0.15, 0.2) is 12.8 Å². The molecular formula is C15H28O5. The molecule has 0 aliphatic heterocycles. The Labute approximate surface area is 122 Å². The normalized spacial score (nSPS) is 12.7. The Morgan fingerprint density at radius 2 is 1.45 bits per heavy atom. The van der Waals surface area contributed by atoms with Gasteiger partial charge < -0.3 is 14.6 Å². The average molecular weight is 288 g/mol. The van der Waals surface area contributed by atoms with Gasteiger partial charge in [0.05, 0.1) is 20.5 Å². The molecule has 0 atom stereocenters. The van der Waals surface area contributed by atoms with E-state index in [0.717, 1.165) is 0 Å². The molecular weight excluding hydrogens is 260 g/mol. The van der Waals surface area contributed by atoms with Gasteiger partial charge in [0.2, 0.25) is 0 Å². The standard InChI is InChI=1S/C6H10O4.C6H12.C3H6O/c1-10-6(9)4-2-3-5(7)8;1-2-4-6-5-3-1;1-3-4-2/h2-4H2,1H3,(H,7,8);1-6H2;3H,1H2,2H3. The summed E-state index contributed by atoms with van der Waals surface area (Å²) in [6.45, 7) is 3.26. The van der Waals surface area contributed by atoms with Crippen molar-refractivity contribution in [2.24, 2.45) is 0 Å². The molecule has 0 radical (unpaired) electrons. The lowest BCUT2D eigenvalue weighted by molar-refractivity contribution is -0.141. The van der Waals surface area contributed by atoms with Crippen LogP contribution in [0.3, 0.4) is 0 Å². The highest BCUT2D eigenvalue weighted by molar-refractivity contribution is 5.71. The van der Waals surface area contributed by atoms with Crippen LogP contribution in [0.1, 0.15) is 57.8 Å². The molecule has 1 fully saturated rings. The van der Waals surface area contributed by atoms with Crippen molar-refractivity contribution in [2.75, 3.05) is 14.2 Å². The zero-order chi connectivity index (χ0) is 15.6. The van der Waals surface area contributed by atoms with Crippen LogP contribution in [-0.2, 0) is 19.1 Å². The van der Waals surface area contributed by atoms with E-state index in [4.69, 9.17) is 5.11 Å². The highest BCUT2D eigenvalue weighted by atomic mass is 16.5. The number of hydrogen-bond donors (Lipinski definition) is 1. The van der Waals surface area contributed by atoms with Crippen molar-refractivity contribution in [3.05, 3.63) is 12.8 Å². The van der Waals surface area contributed by atoms with E-state index in [2.05, 4.69) is 16.1 Å². The fourth-order valence-corrected chi connectivity index (χ4v) is 1.55. The number of aliphatic carboxylic acids is 1. The van der Waals surface area contributed by atoms with Crippen molar-refractivity contribution in [1.82, 2.24) is 0 Å². The molecule has 1 N–H and O–H groups in total. The summed E-state index contributed by atoms with van der Waals surface area (Å²) >= 11 is 0. The smallest absolute Gasteiger partial charge is 0.305 e. The van der Waals surface area contributed by atoms with E-state index in [1.807, 2.05) is 0 Å². The molecule has 0 aromatic carbocycles. The molecule has 0 amide bonds. The van der Waals surface area contributed by atoms with Crippen molar-refractivity contribution in [3.63, 3.8) is 0 Å². The monoisotopic (exact) mass is 288 g/mol. The van der Waals surface area contributed by atoms with Crippen molar-refractivity contribution < 1.29 is 24.2 Å². The van der Waals surface area contributed by atoms with Crippen LogP contribution in [0.5, 0.6) is 0 Å². The lowest BCUT2D eigenvalue weighted by atomic mass is 10.0. The van der Waals surface area contributed by atoms with Gasteiger partial charge in [-0.15, -0.1) is 0 Å². The maximum absolute atomic E-state index is 10.4. The molecule has 0 saturated heterocycles. The SMILES string of the molecule is C1CCCCC1.C=COC.COC(=O)CCCC(=O)O. The first-order chi connectivity index (χ1) is 9.58. The molecule has 0 unspecified atom stereocenters. The molecule has 0 aromatic heterocycles. The number of carboxylic acids is 1. The van der Waals surface area contributed by atoms with Gasteiger partial charge in [0.1, 0.15) is 0 Å². The lowest BCUT2D eigenvalue weighted by Gasteiger charge is -2.05. The predicted octanol–water partition coefficient (Wildman–Crippen LogP) is 3.53. The Morgan fingerprint density at radius 1 is 1.05 bits per heavy atom. The van der Waals surface area contributed by atoms with E-state index < -0.39 is 5.97 Å². The van der Waals surface area contributed by atoms with Gasteiger partial charge in [-0.3, -0.25) is 9.59 Å². The predicted molar refractivity (Wildman–Crippen MR) is 78.4 cm³/mol. The van der Waals surface area contributed by atoms with Crippen LogP contribution in [0.4, 0.5) is 0 Å². The minimum Gasteiger partial charge on any atom is -0.505 e. The summed E-state index contributed by atoms with van der Waals surface area (Å²) < 4.78 is 8.61. The van der Waals surface area contributed by atoms with Crippen LogP contribution in [-0.4, -0.2) is 31.3 Å². The van der Waals surface area contributed by atoms with Gasteiger partial charge >= 0.3 is 11.9 Å². The molecule has 1 aliphatic rings. The first-order valence-electron chi connectivity index (χ1n) is 7.00. The summed E-state index contributed by atoms with van der Waals surface area (Å²) in [7, 11) is 2.84. The van der Waals surface area contributed by atoms with Crippen molar-refractivity contribution >= 4 is 11.9 Å². The van der Waals surface area contributed by atoms with Crippen LogP contribution >= 0.6 is 0 Å². The molecule has 0 heterocycles. The molecule has 5 nitrogen and oxygen atoms in total.